The summed E-state index contributed by atoms with van der Waals surface area (Å²) >= 11 is 6.02. The fourth-order valence-electron chi connectivity index (χ4n) is 3.46. The number of carbonyl (C=O) groups is 2. The van der Waals surface area contributed by atoms with E-state index in [1.807, 2.05) is 62.5 Å². The van der Waals surface area contributed by atoms with Gasteiger partial charge in [0.2, 0.25) is 11.8 Å². The van der Waals surface area contributed by atoms with E-state index in [4.69, 9.17) is 11.6 Å². The van der Waals surface area contributed by atoms with Crippen LogP contribution >= 0.6 is 11.6 Å². The summed E-state index contributed by atoms with van der Waals surface area (Å²) in [5.41, 5.74) is 3.00. The summed E-state index contributed by atoms with van der Waals surface area (Å²) in [6, 6.07) is 15.4. The van der Waals surface area contributed by atoms with Gasteiger partial charge in [-0.3, -0.25) is 19.4 Å². The van der Waals surface area contributed by atoms with E-state index < -0.39 is 0 Å². The first kappa shape index (κ1) is 22.3. The number of hydrogen-bond donors (Lipinski definition) is 1. The van der Waals surface area contributed by atoms with E-state index in [2.05, 4.69) is 15.1 Å². The van der Waals surface area contributed by atoms with Crippen molar-refractivity contribution >= 4 is 29.1 Å². The van der Waals surface area contributed by atoms with Crippen molar-refractivity contribution in [2.24, 2.45) is 0 Å². The van der Waals surface area contributed by atoms with Crippen molar-refractivity contribution < 1.29 is 9.59 Å². The number of hydrogen-bond acceptors (Lipinski definition) is 4. The summed E-state index contributed by atoms with van der Waals surface area (Å²) in [5.74, 6) is 0.0742. The van der Waals surface area contributed by atoms with Crippen molar-refractivity contribution in [3.05, 3.63) is 64.7 Å². The quantitative estimate of drug-likeness (QED) is 0.736. The van der Waals surface area contributed by atoms with Crippen LogP contribution in [0, 0.1) is 6.92 Å². The molecule has 0 bridgehead atoms. The van der Waals surface area contributed by atoms with Gasteiger partial charge in [0.05, 0.1) is 13.1 Å². The van der Waals surface area contributed by atoms with Crippen LogP contribution in [0.2, 0.25) is 5.02 Å². The van der Waals surface area contributed by atoms with Crippen molar-refractivity contribution in [1.29, 1.82) is 0 Å². The van der Waals surface area contributed by atoms with Gasteiger partial charge in [0.25, 0.3) is 0 Å². The molecule has 1 N–H and O–H groups in total. The molecule has 3 rings (SSSR count). The maximum atomic E-state index is 12.6. The van der Waals surface area contributed by atoms with E-state index >= 15 is 0 Å². The molecule has 2 aromatic carbocycles. The Labute approximate surface area is 183 Å². The van der Waals surface area contributed by atoms with Crippen LogP contribution in [0.5, 0.6) is 0 Å². The molecule has 30 heavy (non-hydrogen) atoms. The SMILES string of the molecule is Cc1ccc(NC(=O)CN2CCN(CC(=O)N(C)Cc3cccc(Cl)c3)CC2)cc1. The van der Waals surface area contributed by atoms with Crippen molar-refractivity contribution in [3.8, 4) is 0 Å². The zero-order valence-electron chi connectivity index (χ0n) is 17.6. The van der Waals surface area contributed by atoms with Gasteiger partial charge in [-0.1, -0.05) is 41.4 Å². The van der Waals surface area contributed by atoms with Gasteiger partial charge in [0.1, 0.15) is 0 Å². The third kappa shape index (κ3) is 6.83. The van der Waals surface area contributed by atoms with Crippen LogP contribution in [0.15, 0.2) is 48.5 Å². The van der Waals surface area contributed by atoms with E-state index in [0.29, 0.717) is 24.7 Å². The number of nitrogens with one attached hydrogen (secondary N) is 1. The van der Waals surface area contributed by atoms with Gasteiger partial charge in [-0.15, -0.1) is 0 Å². The number of piperazine rings is 1. The second-order valence-electron chi connectivity index (χ2n) is 7.85. The normalized spacial score (nSPS) is 15.0. The van der Waals surface area contributed by atoms with Gasteiger partial charge in [0, 0.05) is 50.5 Å². The number of nitrogens with zero attached hydrogens (tertiary/aromatic N) is 3. The molecule has 1 aliphatic rings. The van der Waals surface area contributed by atoms with Gasteiger partial charge in [-0.25, -0.2) is 0 Å². The number of halogens is 1. The van der Waals surface area contributed by atoms with E-state index in [9.17, 15) is 9.59 Å². The second kappa shape index (κ2) is 10.6. The molecule has 160 valence electrons. The number of aryl methyl sites for hydroxylation is 1. The van der Waals surface area contributed by atoms with E-state index in [1.54, 1.807) is 4.90 Å². The molecule has 2 amide bonds. The van der Waals surface area contributed by atoms with Crippen LogP contribution in [-0.4, -0.2) is 72.8 Å². The maximum Gasteiger partial charge on any atom is 0.238 e. The summed E-state index contributed by atoms with van der Waals surface area (Å²) < 4.78 is 0. The summed E-state index contributed by atoms with van der Waals surface area (Å²) in [7, 11) is 1.81. The van der Waals surface area contributed by atoms with Crippen molar-refractivity contribution in [1.82, 2.24) is 14.7 Å². The fraction of sp³-hybridized carbons (Fsp3) is 0.391. The molecule has 0 radical (unpaired) electrons. The predicted molar refractivity (Wildman–Crippen MR) is 121 cm³/mol. The van der Waals surface area contributed by atoms with Crippen molar-refractivity contribution in [2.75, 3.05) is 51.6 Å². The summed E-state index contributed by atoms with van der Waals surface area (Å²) in [4.78, 5) is 30.8. The van der Waals surface area contributed by atoms with E-state index in [-0.39, 0.29) is 11.8 Å². The van der Waals surface area contributed by atoms with Crippen LogP contribution in [0.3, 0.4) is 0 Å². The van der Waals surface area contributed by atoms with Crippen LogP contribution in [0.1, 0.15) is 11.1 Å². The standard InChI is InChI=1S/C23H29ClN4O2/c1-18-6-8-21(9-7-18)25-22(29)16-27-10-12-28(13-11-27)17-23(30)26(2)15-19-4-3-5-20(24)14-19/h3-9,14H,10-13,15-17H2,1-2H3,(H,25,29). The average Bonchev–Trinajstić information content (AvgIpc) is 2.71. The summed E-state index contributed by atoms with van der Waals surface area (Å²) in [6.07, 6.45) is 0. The van der Waals surface area contributed by atoms with Gasteiger partial charge in [-0.2, -0.15) is 0 Å². The Morgan fingerprint density at radius 2 is 1.63 bits per heavy atom. The van der Waals surface area contributed by atoms with Gasteiger partial charge < -0.3 is 10.2 Å². The molecule has 1 heterocycles. The molecular formula is C23H29ClN4O2. The average molecular weight is 429 g/mol. The highest BCUT2D eigenvalue weighted by atomic mass is 35.5. The van der Waals surface area contributed by atoms with Crippen LogP contribution in [-0.2, 0) is 16.1 Å². The largest absolute Gasteiger partial charge is 0.340 e. The zero-order valence-corrected chi connectivity index (χ0v) is 18.4. The Morgan fingerprint density at radius 3 is 2.27 bits per heavy atom. The summed E-state index contributed by atoms with van der Waals surface area (Å²) in [5, 5.41) is 3.61. The Balaban J connectivity index is 1.38. The first-order valence-corrected chi connectivity index (χ1v) is 10.6. The van der Waals surface area contributed by atoms with Crippen LogP contribution in [0.25, 0.3) is 0 Å². The molecule has 0 aromatic heterocycles. The van der Waals surface area contributed by atoms with Gasteiger partial charge in [0.15, 0.2) is 0 Å². The number of carbonyl (C=O) groups excluding carboxylic acids is 2. The highest BCUT2D eigenvalue weighted by Crippen LogP contribution is 2.13. The minimum atomic E-state index is -0.00960. The summed E-state index contributed by atoms with van der Waals surface area (Å²) in [6.45, 7) is 6.40. The monoisotopic (exact) mass is 428 g/mol. The Kier molecular flexibility index (Phi) is 7.85. The molecule has 0 unspecified atom stereocenters. The number of benzene rings is 2. The third-order valence-corrected chi connectivity index (χ3v) is 5.50. The minimum absolute atomic E-state index is 0.00960. The molecule has 1 saturated heterocycles. The maximum absolute atomic E-state index is 12.6. The van der Waals surface area contributed by atoms with Gasteiger partial charge in [-0.05, 0) is 36.8 Å². The van der Waals surface area contributed by atoms with Gasteiger partial charge >= 0.3 is 0 Å². The molecule has 1 aliphatic heterocycles. The number of anilines is 1. The fourth-order valence-corrected chi connectivity index (χ4v) is 3.67. The number of likely N-dealkylation sites (N-methyl/N-ethyl adjacent to an activating group) is 1. The lowest BCUT2D eigenvalue weighted by molar-refractivity contribution is -0.132. The van der Waals surface area contributed by atoms with E-state index in [0.717, 1.165) is 43.0 Å². The Hall–Kier alpha value is -2.41. The topological polar surface area (TPSA) is 55.9 Å². The van der Waals surface area contributed by atoms with Crippen LogP contribution < -0.4 is 5.32 Å². The highest BCUT2D eigenvalue weighted by Gasteiger charge is 2.22. The smallest absolute Gasteiger partial charge is 0.238 e. The first-order chi connectivity index (χ1) is 14.4. The Bertz CT molecular complexity index is 864. The second-order valence-corrected chi connectivity index (χ2v) is 8.28. The number of rotatable bonds is 7. The highest BCUT2D eigenvalue weighted by molar-refractivity contribution is 6.30. The minimum Gasteiger partial charge on any atom is -0.340 e. The molecule has 0 spiro atoms. The lowest BCUT2D eigenvalue weighted by atomic mass is 10.2. The molecule has 2 aromatic rings. The third-order valence-electron chi connectivity index (χ3n) is 5.26. The predicted octanol–water partition coefficient (Wildman–Crippen LogP) is 2.86. The zero-order chi connectivity index (χ0) is 21.5. The van der Waals surface area contributed by atoms with E-state index in [1.165, 1.54) is 0 Å². The molecule has 6 nitrogen and oxygen atoms in total. The molecule has 1 fully saturated rings. The molecule has 7 heteroatoms. The molecule has 0 aliphatic carbocycles. The number of amides is 2. The first-order valence-electron chi connectivity index (χ1n) is 10.2. The molecular weight excluding hydrogens is 400 g/mol. The Morgan fingerprint density at radius 1 is 1.00 bits per heavy atom. The van der Waals surface area contributed by atoms with Crippen molar-refractivity contribution in [3.63, 3.8) is 0 Å². The lowest BCUT2D eigenvalue weighted by Gasteiger charge is -2.34. The van der Waals surface area contributed by atoms with Crippen LogP contribution in [0.4, 0.5) is 5.69 Å². The molecule has 0 saturated carbocycles. The van der Waals surface area contributed by atoms with Crippen molar-refractivity contribution in [2.45, 2.75) is 13.5 Å². The lowest BCUT2D eigenvalue weighted by Crippen LogP contribution is -2.51. The molecule has 0 atom stereocenters.